The molecule has 30 heavy (non-hydrogen) atoms. The summed E-state index contributed by atoms with van der Waals surface area (Å²) in [5.74, 6) is 2.24. The molecular formula is C20H16Cl2N4O3S. The first kappa shape index (κ1) is 20.7. The molecule has 0 bridgehead atoms. The van der Waals surface area contributed by atoms with Gasteiger partial charge in [-0.15, -0.1) is 20.4 Å². The Morgan fingerprint density at radius 1 is 0.900 bits per heavy atom. The molecule has 2 aromatic carbocycles. The Morgan fingerprint density at radius 2 is 1.73 bits per heavy atom. The summed E-state index contributed by atoms with van der Waals surface area (Å²) in [7, 11) is 0. The lowest BCUT2D eigenvalue weighted by atomic mass is 10.1. The van der Waals surface area contributed by atoms with Gasteiger partial charge in [-0.1, -0.05) is 41.0 Å². The highest BCUT2D eigenvalue weighted by Crippen LogP contribution is 2.30. The van der Waals surface area contributed by atoms with Gasteiger partial charge in [0.2, 0.25) is 11.8 Å². The Hall–Kier alpha value is -2.55. The summed E-state index contributed by atoms with van der Waals surface area (Å²) in [4.78, 5) is 0. The fourth-order valence-corrected chi connectivity index (χ4v) is 3.62. The molecule has 2 heterocycles. The molecule has 0 N–H and O–H groups in total. The summed E-state index contributed by atoms with van der Waals surface area (Å²) in [6.45, 7) is 4.28. The maximum atomic E-state index is 6.18. The molecule has 2 aromatic heterocycles. The van der Waals surface area contributed by atoms with Crippen molar-refractivity contribution in [2.24, 2.45) is 0 Å². The minimum absolute atomic E-state index is 0.190. The van der Waals surface area contributed by atoms with Gasteiger partial charge in [0.25, 0.3) is 11.1 Å². The SMILES string of the molecule is Cc1ccc(OCc2nnc(SCc3nnc(-c4ccc(Cl)cc4Cl)o3)o2)cc1C. The molecule has 0 atom stereocenters. The van der Waals surface area contributed by atoms with Crippen LogP contribution in [0.1, 0.15) is 22.9 Å². The van der Waals surface area contributed by atoms with E-state index in [9.17, 15) is 0 Å². The molecule has 0 fully saturated rings. The molecule has 0 amide bonds. The standard InChI is InChI=1S/C20H16Cl2N4O3S/c1-11-3-5-14(7-12(11)2)27-9-17-23-26-20(29-17)30-10-18-24-25-19(28-18)15-6-4-13(21)8-16(15)22/h3-8H,9-10H2,1-2H3. The van der Waals surface area contributed by atoms with Crippen LogP contribution < -0.4 is 4.74 Å². The van der Waals surface area contributed by atoms with Crippen LogP contribution in [0.15, 0.2) is 50.5 Å². The predicted octanol–water partition coefficient (Wildman–Crippen LogP) is 5.91. The predicted molar refractivity (Wildman–Crippen MR) is 114 cm³/mol. The number of nitrogens with zero attached hydrogens (tertiary/aromatic N) is 4. The average molecular weight is 463 g/mol. The van der Waals surface area contributed by atoms with Crippen molar-refractivity contribution in [1.29, 1.82) is 0 Å². The molecule has 0 unspecified atom stereocenters. The van der Waals surface area contributed by atoms with Crippen molar-refractivity contribution in [3.63, 3.8) is 0 Å². The van der Waals surface area contributed by atoms with Crippen LogP contribution in [-0.2, 0) is 12.4 Å². The Bertz CT molecular complexity index is 1180. The lowest BCUT2D eigenvalue weighted by molar-refractivity contribution is 0.252. The van der Waals surface area contributed by atoms with Gasteiger partial charge >= 0.3 is 0 Å². The fourth-order valence-electron chi connectivity index (χ4n) is 2.51. The Balaban J connectivity index is 1.33. The topological polar surface area (TPSA) is 87.1 Å². The summed E-state index contributed by atoms with van der Waals surface area (Å²) in [6, 6.07) is 11.0. The zero-order valence-corrected chi connectivity index (χ0v) is 18.4. The third-order valence-corrected chi connectivity index (χ3v) is 5.59. The van der Waals surface area contributed by atoms with Crippen LogP contribution in [0.5, 0.6) is 5.75 Å². The highest BCUT2D eigenvalue weighted by atomic mass is 35.5. The molecule has 154 valence electrons. The number of ether oxygens (including phenoxy) is 1. The van der Waals surface area contributed by atoms with Crippen LogP contribution in [0.25, 0.3) is 11.5 Å². The molecule has 0 aliphatic heterocycles. The molecular weight excluding hydrogens is 447 g/mol. The number of halogens is 2. The molecule has 0 spiro atoms. The third-order valence-electron chi connectivity index (χ3n) is 4.24. The molecule has 7 nitrogen and oxygen atoms in total. The van der Waals surface area contributed by atoms with Crippen molar-refractivity contribution in [2.45, 2.75) is 31.4 Å². The second kappa shape index (κ2) is 9.07. The molecule has 4 aromatic rings. The van der Waals surface area contributed by atoms with Crippen molar-refractivity contribution >= 4 is 35.0 Å². The van der Waals surface area contributed by atoms with Crippen LogP contribution in [0.4, 0.5) is 0 Å². The number of hydrogen-bond acceptors (Lipinski definition) is 8. The number of rotatable bonds is 7. The number of aryl methyl sites for hydroxylation is 2. The summed E-state index contributed by atoms with van der Waals surface area (Å²) >= 11 is 13.4. The molecule has 0 aliphatic rings. The van der Waals surface area contributed by atoms with Crippen LogP contribution in [0.3, 0.4) is 0 Å². The van der Waals surface area contributed by atoms with E-state index in [4.69, 9.17) is 36.8 Å². The van der Waals surface area contributed by atoms with E-state index < -0.39 is 0 Å². The summed E-state index contributed by atoms with van der Waals surface area (Å²) < 4.78 is 17.0. The van der Waals surface area contributed by atoms with Crippen molar-refractivity contribution in [3.05, 3.63) is 69.4 Å². The van der Waals surface area contributed by atoms with Gasteiger partial charge in [-0.05, 0) is 55.3 Å². The van der Waals surface area contributed by atoms with Crippen molar-refractivity contribution in [3.8, 4) is 17.2 Å². The van der Waals surface area contributed by atoms with E-state index in [1.165, 1.54) is 17.3 Å². The van der Waals surface area contributed by atoms with E-state index in [-0.39, 0.29) is 6.61 Å². The molecule has 0 radical (unpaired) electrons. The van der Waals surface area contributed by atoms with E-state index in [2.05, 4.69) is 27.3 Å². The van der Waals surface area contributed by atoms with E-state index in [1.54, 1.807) is 18.2 Å². The first-order chi connectivity index (χ1) is 14.5. The quantitative estimate of drug-likeness (QED) is 0.313. The lowest BCUT2D eigenvalue weighted by Gasteiger charge is -2.05. The third kappa shape index (κ3) is 4.95. The van der Waals surface area contributed by atoms with E-state index in [0.29, 0.717) is 44.3 Å². The Labute approximate surface area is 186 Å². The van der Waals surface area contributed by atoms with E-state index in [1.807, 2.05) is 25.1 Å². The molecule has 0 aliphatic carbocycles. The van der Waals surface area contributed by atoms with Crippen molar-refractivity contribution < 1.29 is 13.6 Å². The largest absolute Gasteiger partial charge is 0.484 e. The summed E-state index contributed by atoms with van der Waals surface area (Å²) in [6.07, 6.45) is 0. The smallest absolute Gasteiger partial charge is 0.277 e. The minimum atomic E-state index is 0.190. The maximum absolute atomic E-state index is 6.18. The number of aromatic nitrogens is 4. The highest BCUT2D eigenvalue weighted by Gasteiger charge is 2.14. The summed E-state index contributed by atoms with van der Waals surface area (Å²) in [5.41, 5.74) is 2.99. The van der Waals surface area contributed by atoms with Gasteiger partial charge in [-0.3, -0.25) is 0 Å². The first-order valence-corrected chi connectivity index (χ1v) is 10.6. The van der Waals surface area contributed by atoms with Crippen molar-refractivity contribution in [1.82, 2.24) is 20.4 Å². The van der Waals surface area contributed by atoms with Crippen LogP contribution >= 0.6 is 35.0 Å². The molecule has 0 saturated heterocycles. The normalized spacial score (nSPS) is 11.1. The molecule has 4 rings (SSSR count). The fraction of sp³-hybridized carbons (Fsp3) is 0.200. The number of hydrogen-bond donors (Lipinski definition) is 0. The van der Waals surface area contributed by atoms with Crippen molar-refractivity contribution in [2.75, 3.05) is 0 Å². The zero-order valence-electron chi connectivity index (χ0n) is 16.1. The minimum Gasteiger partial charge on any atom is -0.484 e. The van der Waals surface area contributed by atoms with Gasteiger partial charge in [-0.2, -0.15) is 0 Å². The van der Waals surface area contributed by atoms with Gasteiger partial charge < -0.3 is 13.6 Å². The Kier molecular flexibility index (Phi) is 6.26. The number of benzene rings is 2. The van der Waals surface area contributed by atoms with Crippen LogP contribution in [0.2, 0.25) is 10.0 Å². The van der Waals surface area contributed by atoms with Gasteiger partial charge in [0.1, 0.15) is 5.75 Å². The second-order valence-corrected chi connectivity index (χ2v) is 8.18. The van der Waals surface area contributed by atoms with Crippen LogP contribution in [-0.4, -0.2) is 20.4 Å². The monoisotopic (exact) mass is 462 g/mol. The van der Waals surface area contributed by atoms with Gasteiger partial charge in [0.15, 0.2) is 6.61 Å². The van der Waals surface area contributed by atoms with E-state index >= 15 is 0 Å². The maximum Gasteiger partial charge on any atom is 0.277 e. The molecule has 10 heteroatoms. The van der Waals surface area contributed by atoms with Crippen LogP contribution in [0, 0.1) is 13.8 Å². The average Bonchev–Trinajstić information content (AvgIpc) is 3.37. The second-order valence-electron chi connectivity index (χ2n) is 6.41. The summed E-state index contributed by atoms with van der Waals surface area (Å²) in [5, 5.41) is 17.4. The highest BCUT2D eigenvalue weighted by molar-refractivity contribution is 7.98. The number of thioether (sulfide) groups is 1. The molecule has 0 saturated carbocycles. The van der Waals surface area contributed by atoms with Gasteiger partial charge in [-0.25, -0.2) is 0 Å². The van der Waals surface area contributed by atoms with Gasteiger partial charge in [0.05, 0.1) is 16.3 Å². The zero-order chi connectivity index (χ0) is 21.1. The van der Waals surface area contributed by atoms with Gasteiger partial charge in [0, 0.05) is 5.02 Å². The Morgan fingerprint density at radius 3 is 2.53 bits per heavy atom. The lowest BCUT2D eigenvalue weighted by Crippen LogP contribution is -1.96. The first-order valence-electron chi connectivity index (χ1n) is 8.91. The van der Waals surface area contributed by atoms with E-state index in [0.717, 1.165) is 11.3 Å².